The fraction of sp³-hybridized carbons (Fsp3) is 0.385. The van der Waals surface area contributed by atoms with Crippen molar-refractivity contribution in [1.29, 1.82) is 0 Å². The van der Waals surface area contributed by atoms with Crippen LogP contribution in [0, 0.1) is 0 Å². The van der Waals surface area contributed by atoms with E-state index in [0.717, 1.165) is 39.4 Å². The molecule has 0 aliphatic carbocycles. The molecule has 1 N–H and O–H groups in total. The molecule has 3 rings (SSSR count). The van der Waals surface area contributed by atoms with Gasteiger partial charge in [0.2, 0.25) is 0 Å². The van der Waals surface area contributed by atoms with Crippen LogP contribution >= 0.6 is 23.3 Å². The number of hydrogen-bond acceptors (Lipinski definition) is 7. The summed E-state index contributed by atoms with van der Waals surface area (Å²) in [5.74, 6) is 2.44. The van der Waals surface area contributed by atoms with Gasteiger partial charge in [-0.05, 0) is 25.1 Å². The van der Waals surface area contributed by atoms with Crippen LogP contribution in [0.3, 0.4) is 0 Å². The largest absolute Gasteiger partial charge is 0.486 e. The normalized spacial score (nSPS) is 13.2. The Morgan fingerprint density at radius 2 is 2.15 bits per heavy atom. The highest BCUT2D eigenvalue weighted by Gasteiger charge is 2.13. The van der Waals surface area contributed by atoms with Crippen LogP contribution in [0.25, 0.3) is 0 Å². The van der Waals surface area contributed by atoms with Crippen molar-refractivity contribution in [2.45, 2.75) is 17.6 Å². The first-order valence-electron chi connectivity index (χ1n) is 6.44. The number of nitrogens with one attached hydrogen (secondary N) is 1. The Bertz CT molecular complexity index is 589. The van der Waals surface area contributed by atoms with Crippen molar-refractivity contribution in [2.75, 3.05) is 25.1 Å². The molecule has 0 spiro atoms. The zero-order valence-electron chi connectivity index (χ0n) is 11.1. The van der Waals surface area contributed by atoms with Crippen LogP contribution in [0.15, 0.2) is 23.1 Å². The minimum absolute atomic E-state index is 0.613. The second-order valence-corrected chi connectivity index (χ2v) is 5.98. The summed E-state index contributed by atoms with van der Waals surface area (Å²) in [7, 11) is 0. The molecule has 0 unspecified atom stereocenters. The zero-order chi connectivity index (χ0) is 13.8. The van der Waals surface area contributed by atoms with Crippen LogP contribution in [-0.2, 0) is 5.75 Å². The number of rotatable bonds is 5. The summed E-state index contributed by atoms with van der Waals surface area (Å²) in [5, 5.41) is 8.50. The Morgan fingerprint density at radius 3 is 3.00 bits per heavy atom. The summed E-state index contributed by atoms with van der Waals surface area (Å²) < 4.78 is 15.1. The van der Waals surface area contributed by atoms with Crippen molar-refractivity contribution in [3.8, 4) is 11.5 Å². The molecular formula is C13H15N3O2S2. The van der Waals surface area contributed by atoms with E-state index >= 15 is 0 Å². The van der Waals surface area contributed by atoms with Crippen LogP contribution < -0.4 is 14.8 Å². The Morgan fingerprint density at radius 1 is 1.30 bits per heavy atom. The summed E-state index contributed by atoms with van der Waals surface area (Å²) in [6.45, 7) is 4.18. The van der Waals surface area contributed by atoms with E-state index in [9.17, 15) is 0 Å². The summed E-state index contributed by atoms with van der Waals surface area (Å²) in [4.78, 5) is 1.14. The molecule has 1 aliphatic heterocycles. The lowest BCUT2D eigenvalue weighted by atomic mass is 10.3. The predicted molar refractivity (Wildman–Crippen MR) is 81.1 cm³/mol. The molecule has 0 saturated heterocycles. The SMILES string of the molecule is CCNc1snnc1CSc1ccc2c(c1)OCCO2. The Hall–Kier alpha value is -1.47. The van der Waals surface area contributed by atoms with Crippen molar-refractivity contribution in [1.82, 2.24) is 9.59 Å². The Kier molecular flexibility index (Phi) is 4.27. The average Bonchev–Trinajstić information content (AvgIpc) is 2.93. The summed E-state index contributed by atoms with van der Waals surface area (Å²) in [6.07, 6.45) is 0. The smallest absolute Gasteiger partial charge is 0.162 e. The van der Waals surface area contributed by atoms with Gasteiger partial charge in [-0.1, -0.05) is 4.49 Å². The molecule has 2 heterocycles. The summed E-state index contributed by atoms with van der Waals surface area (Å²) in [5.41, 5.74) is 0.997. The van der Waals surface area contributed by atoms with Gasteiger partial charge in [-0.2, -0.15) is 0 Å². The van der Waals surface area contributed by atoms with Gasteiger partial charge < -0.3 is 14.8 Å². The van der Waals surface area contributed by atoms with Crippen LogP contribution in [0.5, 0.6) is 11.5 Å². The molecule has 106 valence electrons. The number of thioether (sulfide) groups is 1. The highest BCUT2D eigenvalue weighted by atomic mass is 32.2. The van der Waals surface area contributed by atoms with Crippen LogP contribution in [0.4, 0.5) is 5.00 Å². The number of ether oxygens (including phenoxy) is 2. The molecule has 7 heteroatoms. The van der Waals surface area contributed by atoms with Gasteiger partial charge in [0, 0.05) is 28.7 Å². The molecular weight excluding hydrogens is 294 g/mol. The highest BCUT2D eigenvalue weighted by Crippen LogP contribution is 2.35. The molecule has 0 amide bonds. The van der Waals surface area contributed by atoms with Gasteiger partial charge in [-0.3, -0.25) is 0 Å². The van der Waals surface area contributed by atoms with Crippen molar-refractivity contribution < 1.29 is 9.47 Å². The zero-order valence-corrected chi connectivity index (χ0v) is 12.7. The standard InChI is InChI=1S/C13H15N3O2S2/c1-2-14-13-10(15-16-20-13)8-19-9-3-4-11-12(7-9)18-6-5-17-11/h3-4,7,14H,2,5-6,8H2,1H3. The van der Waals surface area contributed by atoms with E-state index in [1.807, 2.05) is 18.2 Å². The maximum atomic E-state index is 5.59. The molecule has 5 nitrogen and oxygen atoms in total. The first-order chi connectivity index (χ1) is 9.86. The third-order valence-corrected chi connectivity index (χ3v) is 4.51. The molecule has 0 bridgehead atoms. The van der Waals surface area contributed by atoms with Gasteiger partial charge in [-0.15, -0.1) is 16.9 Å². The molecule has 1 aromatic heterocycles. The number of anilines is 1. The lowest BCUT2D eigenvalue weighted by molar-refractivity contribution is 0.171. The molecule has 0 saturated carbocycles. The van der Waals surface area contributed by atoms with E-state index in [2.05, 4.69) is 21.8 Å². The minimum atomic E-state index is 0.613. The molecule has 0 fully saturated rings. The minimum Gasteiger partial charge on any atom is -0.486 e. The van der Waals surface area contributed by atoms with Crippen LogP contribution in [0.1, 0.15) is 12.6 Å². The van der Waals surface area contributed by atoms with Gasteiger partial charge >= 0.3 is 0 Å². The molecule has 20 heavy (non-hydrogen) atoms. The van der Waals surface area contributed by atoms with Gasteiger partial charge in [-0.25, -0.2) is 0 Å². The predicted octanol–water partition coefficient (Wildman–Crippen LogP) is 3.03. The lowest BCUT2D eigenvalue weighted by Crippen LogP contribution is -2.15. The topological polar surface area (TPSA) is 56.3 Å². The first kappa shape index (κ1) is 13.5. The van der Waals surface area contributed by atoms with Crippen LogP contribution in [0.2, 0.25) is 0 Å². The van der Waals surface area contributed by atoms with Gasteiger partial charge in [0.25, 0.3) is 0 Å². The van der Waals surface area contributed by atoms with Crippen molar-refractivity contribution in [3.05, 3.63) is 23.9 Å². The van der Waals surface area contributed by atoms with Crippen LogP contribution in [-0.4, -0.2) is 29.3 Å². The van der Waals surface area contributed by atoms with E-state index < -0.39 is 0 Å². The molecule has 0 radical (unpaired) electrons. The monoisotopic (exact) mass is 309 g/mol. The van der Waals surface area contributed by atoms with Crippen molar-refractivity contribution in [2.24, 2.45) is 0 Å². The van der Waals surface area contributed by atoms with Crippen molar-refractivity contribution >= 4 is 28.3 Å². The van der Waals surface area contributed by atoms with E-state index in [-0.39, 0.29) is 0 Å². The summed E-state index contributed by atoms with van der Waals surface area (Å²) in [6, 6.07) is 6.03. The third-order valence-electron chi connectivity index (χ3n) is 2.78. The Labute approximate surface area is 125 Å². The maximum Gasteiger partial charge on any atom is 0.162 e. The van der Waals surface area contributed by atoms with Gasteiger partial charge in [0.05, 0.1) is 0 Å². The second kappa shape index (κ2) is 6.32. The number of aromatic nitrogens is 2. The molecule has 1 aromatic carbocycles. The summed E-state index contributed by atoms with van der Waals surface area (Å²) >= 11 is 3.12. The number of benzene rings is 1. The second-order valence-electron chi connectivity index (χ2n) is 4.17. The lowest BCUT2D eigenvalue weighted by Gasteiger charge is -2.18. The van der Waals surface area contributed by atoms with E-state index in [1.165, 1.54) is 11.5 Å². The van der Waals surface area contributed by atoms with E-state index in [0.29, 0.717) is 13.2 Å². The van der Waals surface area contributed by atoms with E-state index in [1.54, 1.807) is 11.8 Å². The fourth-order valence-electron chi connectivity index (χ4n) is 1.86. The van der Waals surface area contributed by atoms with Gasteiger partial charge in [0.15, 0.2) is 11.5 Å². The number of hydrogen-bond donors (Lipinski definition) is 1. The van der Waals surface area contributed by atoms with Gasteiger partial charge in [0.1, 0.15) is 23.9 Å². The third kappa shape index (κ3) is 2.99. The average molecular weight is 309 g/mol. The van der Waals surface area contributed by atoms with E-state index in [4.69, 9.17) is 9.47 Å². The molecule has 1 aliphatic rings. The van der Waals surface area contributed by atoms with Crippen molar-refractivity contribution in [3.63, 3.8) is 0 Å². The Balaban J connectivity index is 1.67. The number of fused-ring (bicyclic) bond motifs is 1. The quantitative estimate of drug-likeness (QED) is 0.857. The highest BCUT2D eigenvalue weighted by molar-refractivity contribution is 7.98. The fourth-order valence-corrected chi connectivity index (χ4v) is 3.46. The molecule has 2 aromatic rings. The molecule has 0 atom stereocenters. The maximum absolute atomic E-state index is 5.59. The number of nitrogens with zero attached hydrogens (tertiary/aromatic N) is 2. The first-order valence-corrected chi connectivity index (χ1v) is 8.20.